The third-order valence-electron chi connectivity index (χ3n) is 4.85. The molecule has 11 heteroatoms. The first kappa shape index (κ1) is 23.6. The molecule has 2 aliphatic rings. The van der Waals surface area contributed by atoms with E-state index >= 15 is 0 Å². The van der Waals surface area contributed by atoms with E-state index in [0.29, 0.717) is 32.1 Å². The Kier molecular flexibility index (Phi) is 9.55. The van der Waals surface area contributed by atoms with E-state index in [0.717, 1.165) is 12.8 Å². The fourth-order valence-electron chi connectivity index (χ4n) is 3.53. The van der Waals surface area contributed by atoms with Gasteiger partial charge in [-0.05, 0) is 38.5 Å². The van der Waals surface area contributed by atoms with Crippen molar-refractivity contribution in [2.24, 2.45) is 0 Å². The number of rotatable bonds is 5. The quantitative estimate of drug-likeness (QED) is 0.383. The summed E-state index contributed by atoms with van der Waals surface area (Å²) in [4.78, 5) is 0. The molecule has 1 N–H and O–H groups in total. The third kappa shape index (κ3) is 6.65. The van der Waals surface area contributed by atoms with E-state index in [1.54, 1.807) is 6.26 Å². The molecule has 0 aliphatic heterocycles. The van der Waals surface area contributed by atoms with Gasteiger partial charge in [0.25, 0.3) is 0 Å². The third-order valence-corrected chi connectivity index (χ3v) is 9.43. The van der Waals surface area contributed by atoms with Gasteiger partial charge in [0, 0.05) is 28.3 Å². The van der Waals surface area contributed by atoms with E-state index in [1.165, 1.54) is 0 Å². The summed E-state index contributed by atoms with van der Waals surface area (Å²) in [6.07, 6.45) is 5.39. The molecule has 0 amide bonds. The van der Waals surface area contributed by atoms with Crippen LogP contribution in [-0.4, -0.2) is 53.6 Å². The van der Waals surface area contributed by atoms with Gasteiger partial charge in [0.15, 0.2) is 0 Å². The predicted molar refractivity (Wildman–Crippen MR) is 87.9 cm³/mol. The fraction of sp³-hybridized carbons (Fsp3) is 1.00. The molecule has 2 rings (SSSR count). The molecule has 0 aromatic carbocycles. The van der Waals surface area contributed by atoms with Crippen LogP contribution in [0.25, 0.3) is 0 Å². The molecule has 5 atom stereocenters. The van der Waals surface area contributed by atoms with Crippen LogP contribution in [-0.2, 0) is 30.9 Å². The molecule has 0 saturated heterocycles. The summed E-state index contributed by atoms with van der Waals surface area (Å²) >= 11 is 0. The minimum Gasteiger partial charge on any atom is -0.748 e. The van der Waals surface area contributed by atoms with E-state index < -0.39 is 47.5 Å². The maximum Gasteiger partial charge on any atom is 1.00 e. The Morgan fingerprint density at radius 3 is 2.12 bits per heavy atom. The van der Waals surface area contributed by atoms with E-state index in [9.17, 15) is 25.6 Å². The van der Waals surface area contributed by atoms with Gasteiger partial charge in [0.05, 0.1) is 20.6 Å². The van der Waals surface area contributed by atoms with Crippen molar-refractivity contribution < 1.29 is 77.0 Å². The van der Waals surface area contributed by atoms with Crippen molar-refractivity contribution in [1.29, 1.82) is 0 Å². The molecule has 0 spiro atoms. The summed E-state index contributed by atoms with van der Waals surface area (Å²) in [5.41, 5.74) is 0. The smallest absolute Gasteiger partial charge is 0.748 e. The number of hydrogen-bond donors (Lipinski definition) is 1. The maximum atomic E-state index is 12.5. The molecule has 0 aromatic heterocycles. The van der Waals surface area contributed by atoms with Crippen molar-refractivity contribution in [2.45, 2.75) is 73.2 Å². The van der Waals surface area contributed by atoms with Gasteiger partial charge in [0.2, 0.25) is 10.0 Å². The van der Waals surface area contributed by atoms with Gasteiger partial charge in [-0.1, -0.05) is 12.8 Å². The van der Waals surface area contributed by atoms with Crippen LogP contribution in [0.15, 0.2) is 0 Å². The first-order valence-electron chi connectivity index (χ1n) is 7.87. The Hall–Kier alpha value is 1.61. The molecule has 2 saturated carbocycles. The van der Waals surface area contributed by atoms with Crippen molar-refractivity contribution >= 4 is 30.9 Å². The number of sulfonamides is 1. The zero-order valence-corrected chi connectivity index (χ0v) is 19.7. The van der Waals surface area contributed by atoms with Crippen LogP contribution < -0.4 is 56.1 Å². The molecule has 136 valence electrons. The molecule has 5 unspecified atom stereocenters. The Bertz CT molecular complexity index is 651. The second-order valence-corrected chi connectivity index (χ2v) is 11.9. The van der Waals surface area contributed by atoms with Gasteiger partial charge < -0.3 is 4.55 Å². The molecule has 0 bridgehead atoms. The van der Waals surface area contributed by atoms with Crippen LogP contribution in [0.5, 0.6) is 0 Å². The second-order valence-electron chi connectivity index (χ2n) is 6.55. The maximum absolute atomic E-state index is 12.5. The molecule has 0 heterocycles. The summed E-state index contributed by atoms with van der Waals surface area (Å²) in [6.45, 7) is 0. The standard InChI is InChI=1S/C13H25NO6S3.K/c1-21(15)11-5-3-6-12(9-11)22(16,17)14-10-4-2-7-13(8-10)23(18,19)20;/h10-14H,2-9H2,1H3,(H,18,19,20);/q;+1/p-1. The van der Waals surface area contributed by atoms with Crippen molar-refractivity contribution in [1.82, 2.24) is 4.72 Å². The molecule has 0 radical (unpaired) electrons. The molecule has 2 aliphatic carbocycles. The minimum absolute atomic E-state index is 0. The van der Waals surface area contributed by atoms with E-state index in [4.69, 9.17) is 0 Å². The van der Waals surface area contributed by atoms with Gasteiger partial charge in [-0.3, -0.25) is 4.21 Å². The normalized spacial score (nSPS) is 33.4. The Morgan fingerprint density at radius 2 is 1.54 bits per heavy atom. The first-order valence-corrected chi connectivity index (χ1v) is 12.5. The van der Waals surface area contributed by atoms with Crippen molar-refractivity contribution in [2.75, 3.05) is 6.26 Å². The zero-order valence-electron chi connectivity index (χ0n) is 14.1. The van der Waals surface area contributed by atoms with Crippen LogP contribution in [0.1, 0.15) is 51.4 Å². The summed E-state index contributed by atoms with van der Waals surface area (Å²) in [5, 5.41) is -1.70. The van der Waals surface area contributed by atoms with Gasteiger partial charge in [0.1, 0.15) is 0 Å². The molecule has 7 nitrogen and oxygen atoms in total. The monoisotopic (exact) mass is 425 g/mol. The van der Waals surface area contributed by atoms with Gasteiger partial charge in [-0.2, -0.15) is 0 Å². The largest absolute Gasteiger partial charge is 1.00 e. The summed E-state index contributed by atoms with van der Waals surface area (Å²) in [5.74, 6) is 0. The summed E-state index contributed by atoms with van der Waals surface area (Å²) in [7, 11) is -9.03. The predicted octanol–water partition coefficient (Wildman–Crippen LogP) is -2.54. The molecular weight excluding hydrogens is 401 g/mol. The first-order chi connectivity index (χ1) is 10.6. The van der Waals surface area contributed by atoms with E-state index in [1.807, 2.05) is 0 Å². The molecule has 2 fully saturated rings. The van der Waals surface area contributed by atoms with Crippen molar-refractivity contribution in [3.63, 3.8) is 0 Å². The van der Waals surface area contributed by atoms with Crippen LogP contribution in [0.3, 0.4) is 0 Å². The molecule has 0 aromatic rings. The van der Waals surface area contributed by atoms with Crippen LogP contribution >= 0.6 is 0 Å². The van der Waals surface area contributed by atoms with Crippen molar-refractivity contribution in [3.8, 4) is 0 Å². The second kappa shape index (κ2) is 9.70. The molecular formula is C13H24KNO6S3. The Labute approximate surface area is 189 Å². The van der Waals surface area contributed by atoms with Gasteiger partial charge >= 0.3 is 51.4 Å². The number of hydrogen-bond acceptors (Lipinski definition) is 6. The summed E-state index contributed by atoms with van der Waals surface area (Å²) < 4.78 is 72.7. The van der Waals surface area contributed by atoms with Crippen LogP contribution in [0.2, 0.25) is 0 Å². The Morgan fingerprint density at radius 1 is 0.958 bits per heavy atom. The molecule has 24 heavy (non-hydrogen) atoms. The summed E-state index contributed by atoms with van der Waals surface area (Å²) in [6, 6.07) is -0.505. The Balaban J connectivity index is 0.00000288. The average Bonchev–Trinajstić information content (AvgIpc) is 2.46. The zero-order chi connectivity index (χ0) is 17.3. The number of nitrogens with one attached hydrogen (secondary N) is 1. The van der Waals surface area contributed by atoms with Crippen LogP contribution in [0, 0.1) is 0 Å². The SMILES string of the molecule is CS(=O)C1CCCC(S(=O)(=O)NC2CCCC(S(=O)(=O)[O-])C2)C1.[K+]. The average molecular weight is 426 g/mol. The van der Waals surface area contributed by atoms with Crippen LogP contribution in [0.4, 0.5) is 0 Å². The minimum atomic E-state index is -4.38. The van der Waals surface area contributed by atoms with Gasteiger partial charge in [-0.15, -0.1) is 0 Å². The fourth-order valence-corrected chi connectivity index (χ4v) is 7.41. The van der Waals surface area contributed by atoms with Crippen molar-refractivity contribution in [3.05, 3.63) is 0 Å². The van der Waals surface area contributed by atoms with Gasteiger partial charge in [-0.25, -0.2) is 21.6 Å². The van der Waals surface area contributed by atoms with E-state index in [2.05, 4.69) is 4.72 Å². The topological polar surface area (TPSA) is 120 Å². The van der Waals surface area contributed by atoms with E-state index in [-0.39, 0.29) is 63.1 Å².